The zero-order valence-electron chi connectivity index (χ0n) is 8.68. The van der Waals surface area contributed by atoms with Gasteiger partial charge in [-0.15, -0.1) is 0 Å². The van der Waals surface area contributed by atoms with Gasteiger partial charge in [-0.2, -0.15) is 13.2 Å². The van der Waals surface area contributed by atoms with Crippen LogP contribution in [-0.2, 0) is 6.54 Å². The van der Waals surface area contributed by atoms with Crippen LogP contribution >= 0.6 is 15.9 Å². The first-order valence-corrected chi connectivity index (χ1v) is 5.58. The number of rotatable bonds is 2. The molecular formula is C10H6BrF5N2. The second-order valence-corrected chi connectivity index (χ2v) is 4.43. The van der Waals surface area contributed by atoms with E-state index in [0.717, 1.165) is 0 Å². The molecule has 0 aliphatic carbocycles. The number of hydrogen-bond donors (Lipinski definition) is 0. The molecule has 2 rings (SSSR count). The molecule has 0 saturated heterocycles. The van der Waals surface area contributed by atoms with Crippen LogP contribution in [0.4, 0.5) is 22.0 Å². The fraction of sp³-hybridized carbons (Fsp3) is 0.300. The van der Waals surface area contributed by atoms with Crippen LogP contribution < -0.4 is 0 Å². The molecule has 0 unspecified atom stereocenters. The first-order chi connectivity index (χ1) is 8.29. The van der Waals surface area contributed by atoms with E-state index < -0.39 is 25.0 Å². The number of benzene rings is 1. The molecule has 8 heteroatoms. The van der Waals surface area contributed by atoms with Crippen molar-refractivity contribution in [1.29, 1.82) is 0 Å². The van der Waals surface area contributed by atoms with Gasteiger partial charge < -0.3 is 4.57 Å². The van der Waals surface area contributed by atoms with Crippen LogP contribution in [0.3, 0.4) is 0 Å². The molecular weight excluding hydrogens is 323 g/mol. The van der Waals surface area contributed by atoms with Gasteiger partial charge in [-0.05, 0) is 28.1 Å². The normalized spacial score (nSPS) is 12.6. The highest BCUT2D eigenvalue weighted by Crippen LogP contribution is 2.31. The van der Waals surface area contributed by atoms with Crippen molar-refractivity contribution >= 4 is 27.0 Å². The number of fused-ring (bicyclic) bond motifs is 1. The molecule has 1 aromatic heterocycles. The molecule has 18 heavy (non-hydrogen) atoms. The minimum absolute atomic E-state index is 0.0250. The summed E-state index contributed by atoms with van der Waals surface area (Å²) in [6.45, 7) is -1.49. The maximum atomic E-state index is 12.7. The Labute approximate surface area is 107 Å². The Balaban J connectivity index is 2.67. The van der Waals surface area contributed by atoms with Crippen molar-refractivity contribution in [3.8, 4) is 0 Å². The third-order valence-electron chi connectivity index (χ3n) is 2.29. The minimum Gasteiger partial charge on any atom is -0.314 e. The lowest BCUT2D eigenvalue weighted by Gasteiger charge is -2.11. The molecule has 0 atom stereocenters. The van der Waals surface area contributed by atoms with Gasteiger partial charge in [0.25, 0.3) is 6.43 Å². The molecule has 0 saturated carbocycles. The van der Waals surface area contributed by atoms with E-state index in [1.165, 1.54) is 18.2 Å². The number of alkyl halides is 5. The van der Waals surface area contributed by atoms with Gasteiger partial charge in [0, 0.05) is 4.47 Å². The highest BCUT2D eigenvalue weighted by atomic mass is 79.9. The Kier molecular flexibility index (Phi) is 3.31. The molecule has 1 heterocycles. The van der Waals surface area contributed by atoms with Crippen LogP contribution in [0, 0.1) is 0 Å². The molecule has 0 bridgehead atoms. The monoisotopic (exact) mass is 328 g/mol. The highest BCUT2D eigenvalue weighted by Gasteiger charge is 2.32. The zero-order chi connectivity index (χ0) is 13.5. The Morgan fingerprint density at radius 1 is 1.28 bits per heavy atom. The standard InChI is InChI=1S/C10H6BrF5N2/c11-5-2-1-3-6-7(5)17-9(8(12)13)18(6)4-10(14,15)16/h1-3,8H,4H2. The molecule has 0 amide bonds. The summed E-state index contributed by atoms with van der Waals surface area (Å²) < 4.78 is 63.4. The lowest BCUT2D eigenvalue weighted by Crippen LogP contribution is -2.19. The summed E-state index contributed by atoms with van der Waals surface area (Å²) in [7, 11) is 0. The smallest absolute Gasteiger partial charge is 0.314 e. The zero-order valence-corrected chi connectivity index (χ0v) is 10.3. The summed E-state index contributed by atoms with van der Waals surface area (Å²) in [5, 5.41) is 0. The predicted molar refractivity (Wildman–Crippen MR) is 58.4 cm³/mol. The van der Waals surface area contributed by atoms with E-state index in [2.05, 4.69) is 20.9 Å². The first-order valence-electron chi connectivity index (χ1n) is 4.79. The van der Waals surface area contributed by atoms with Gasteiger partial charge in [-0.1, -0.05) is 6.07 Å². The number of halogens is 6. The average molecular weight is 329 g/mol. The van der Waals surface area contributed by atoms with E-state index in [0.29, 0.717) is 9.04 Å². The van der Waals surface area contributed by atoms with Crippen LogP contribution in [0.1, 0.15) is 12.2 Å². The molecule has 0 fully saturated rings. The lowest BCUT2D eigenvalue weighted by molar-refractivity contribution is -0.141. The second-order valence-electron chi connectivity index (χ2n) is 3.58. The van der Waals surface area contributed by atoms with Gasteiger partial charge in [0.1, 0.15) is 12.1 Å². The molecule has 0 radical (unpaired) electrons. The van der Waals surface area contributed by atoms with Gasteiger partial charge in [0.05, 0.1) is 5.52 Å². The van der Waals surface area contributed by atoms with Gasteiger partial charge in [0.15, 0.2) is 5.82 Å². The fourth-order valence-electron chi connectivity index (χ4n) is 1.64. The minimum atomic E-state index is -4.58. The molecule has 2 nitrogen and oxygen atoms in total. The van der Waals surface area contributed by atoms with Crippen LogP contribution in [0.15, 0.2) is 22.7 Å². The molecule has 0 aliphatic rings. The Morgan fingerprint density at radius 3 is 2.50 bits per heavy atom. The van der Waals surface area contributed by atoms with Crippen molar-refractivity contribution < 1.29 is 22.0 Å². The van der Waals surface area contributed by atoms with Gasteiger partial charge in [0.2, 0.25) is 0 Å². The molecule has 1 aromatic carbocycles. The Morgan fingerprint density at radius 2 is 1.94 bits per heavy atom. The van der Waals surface area contributed by atoms with E-state index in [-0.39, 0.29) is 11.0 Å². The number of aromatic nitrogens is 2. The van der Waals surface area contributed by atoms with Crippen molar-refractivity contribution in [3.63, 3.8) is 0 Å². The number of para-hydroxylation sites is 1. The molecule has 0 spiro atoms. The summed E-state index contributed by atoms with van der Waals surface area (Å²) in [6.07, 6.45) is -7.65. The van der Waals surface area contributed by atoms with Crippen molar-refractivity contribution in [1.82, 2.24) is 9.55 Å². The van der Waals surface area contributed by atoms with Gasteiger partial charge >= 0.3 is 6.18 Å². The number of nitrogens with zero attached hydrogens (tertiary/aromatic N) is 2. The average Bonchev–Trinajstić information content (AvgIpc) is 2.57. The largest absolute Gasteiger partial charge is 0.406 e. The quantitative estimate of drug-likeness (QED) is 0.751. The summed E-state index contributed by atoms with van der Waals surface area (Å²) in [5.74, 6) is -0.880. The highest BCUT2D eigenvalue weighted by molar-refractivity contribution is 9.10. The predicted octanol–water partition coefficient (Wildman–Crippen LogP) is 4.30. The van der Waals surface area contributed by atoms with E-state index in [9.17, 15) is 22.0 Å². The van der Waals surface area contributed by atoms with Crippen LogP contribution in [0.25, 0.3) is 11.0 Å². The summed E-state index contributed by atoms with van der Waals surface area (Å²) in [4.78, 5) is 3.56. The Bertz CT molecular complexity index is 575. The van der Waals surface area contributed by atoms with Crippen LogP contribution in [0.5, 0.6) is 0 Å². The Hall–Kier alpha value is -1.18. The topological polar surface area (TPSA) is 17.8 Å². The first kappa shape index (κ1) is 13.3. The van der Waals surface area contributed by atoms with Crippen molar-refractivity contribution in [2.45, 2.75) is 19.1 Å². The second kappa shape index (κ2) is 4.49. The van der Waals surface area contributed by atoms with Crippen LogP contribution in [-0.4, -0.2) is 15.7 Å². The van der Waals surface area contributed by atoms with Crippen molar-refractivity contribution in [2.24, 2.45) is 0 Å². The van der Waals surface area contributed by atoms with E-state index in [4.69, 9.17) is 0 Å². The number of imidazole rings is 1. The molecule has 2 aromatic rings. The molecule has 0 N–H and O–H groups in total. The maximum absolute atomic E-state index is 12.7. The molecule has 0 aliphatic heterocycles. The SMILES string of the molecule is FC(F)c1nc2c(Br)cccc2n1CC(F)(F)F. The number of hydrogen-bond acceptors (Lipinski definition) is 1. The van der Waals surface area contributed by atoms with E-state index in [1.807, 2.05) is 0 Å². The third kappa shape index (κ3) is 2.47. The van der Waals surface area contributed by atoms with E-state index in [1.54, 1.807) is 0 Å². The van der Waals surface area contributed by atoms with Gasteiger partial charge in [-0.3, -0.25) is 0 Å². The lowest BCUT2D eigenvalue weighted by atomic mass is 10.3. The maximum Gasteiger partial charge on any atom is 0.406 e. The summed E-state index contributed by atoms with van der Waals surface area (Å²) in [6, 6.07) is 4.32. The fourth-order valence-corrected chi connectivity index (χ4v) is 2.09. The summed E-state index contributed by atoms with van der Waals surface area (Å²) >= 11 is 3.07. The van der Waals surface area contributed by atoms with Crippen molar-refractivity contribution in [2.75, 3.05) is 0 Å². The van der Waals surface area contributed by atoms with Gasteiger partial charge in [-0.25, -0.2) is 13.8 Å². The van der Waals surface area contributed by atoms with Crippen LogP contribution in [0.2, 0.25) is 0 Å². The summed E-state index contributed by atoms with van der Waals surface area (Å²) in [5.41, 5.74) is 0.119. The van der Waals surface area contributed by atoms with E-state index >= 15 is 0 Å². The molecule has 98 valence electrons. The third-order valence-corrected chi connectivity index (χ3v) is 2.93. The van der Waals surface area contributed by atoms with Crippen molar-refractivity contribution in [3.05, 3.63) is 28.5 Å².